The Hall–Kier alpha value is -1.31. The third kappa shape index (κ3) is 1.84. The lowest BCUT2D eigenvalue weighted by molar-refractivity contribution is 0.0966. The lowest BCUT2D eigenvalue weighted by Crippen LogP contribution is -2.06. The van der Waals surface area contributed by atoms with Crippen molar-refractivity contribution in [2.24, 2.45) is 5.92 Å². The summed E-state index contributed by atoms with van der Waals surface area (Å²) >= 11 is 0. The summed E-state index contributed by atoms with van der Waals surface area (Å²) in [6, 6.07) is 3.95. The van der Waals surface area contributed by atoms with Crippen LogP contribution in [0.25, 0.3) is 0 Å². The van der Waals surface area contributed by atoms with Crippen LogP contribution in [0.5, 0.6) is 5.75 Å². The summed E-state index contributed by atoms with van der Waals surface area (Å²) < 4.78 is 5.35. The van der Waals surface area contributed by atoms with Crippen LogP contribution < -0.4 is 4.74 Å². The van der Waals surface area contributed by atoms with Gasteiger partial charge in [0, 0.05) is 17.5 Å². The molecule has 0 heterocycles. The first kappa shape index (κ1) is 11.2. The highest BCUT2D eigenvalue weighted by molar-refractivity contribution is 6.00. The Kier molecular flexibility index (Phi) is 2.99. The normalized spacial score (nSPS) is 20.2. The second kappa shape index (κ2) is 4.28. The highest BCUT2D eigenvalue weighted by Gasteiger charge is 2.23. The fourth-order valence-electron chi connectivity index (χ4n) is 2.48. The summed E-state index contributed by atoms with van der Waals surface area (Å²) in [5.74, 6) is 1.61. The van der Waals surface area contributed by atoms with E-state index in [1.807, 2.05) is 19.1 Å². The van der Waals surface area contributed by atoms with Gasteiger partial charge in [-0.25, -0.2) is 0 Å². The maximum atomic E-state index is 12.1. The average Bonchev–Trinajstić information content (AvgIpc) is 2.39. The summed E-state index contributed by atoms with van der Waals surface area (Å²) in [5, 5.41) is 0. The van der Waals surface area contributed by atoms with Crippen molar-refractivity contribution in [3.8, 4) is 5.75 Å². The van der Waals surface area contributed by atoms with Gasteiger partial charge in [0.05, 0.1) is 7.11 Å². The molecule has 2 nitrogen and oxygen atoms in total. The fourth-order valence-corrected chi connectivity index (χ4v) is 2.48. The molecule has 0 fully saturated rings. The highest BCUT2D eigenvalue weighted by atomic mass is 16.5. The van der Waals surface area contributed by atoms with Crippen LogP contribution in [0.3, 0.4) is 0 Å². The number of hydrogen-bond donors (Lipinski definition) is 0. The highest BCUT2D eigenvalue weighted by Crippen LogP contribution is 2.32. The molecule has 86 valence electrons. The fraction of sp³-hybridized carbons (Fsp3) is 0.500. The van der Waals surface area contributed by atoms with Gasteiger partial charge in [-0.15, -0.1) is 0 Å². The van der Waals surface area contributed by atoms with Crippen molar-refractivity contribution in [1.29, 1.82) is 0 Å². The average molecular weight is 218 g/mol. The van der Waals surface area contributed by atoms with Crippen LogP contribution in [0.2, 0.25) is 0 Å². The number of rotatable bonds is 1. The van der Waals surface area contributed by atoms with Crippen molar-refractivity contribution in [1.82, 2.24) is 0 Å². The molecule has 0 aromatic heterocycles. The minimum absolute atomic E-state index is 0.274. The summed E-state index contributed by atoms with van der Waals surface area (Å²) in [6.45, 7) is 4.15. The molecule has 2 heteroatoms. The number of benzene rings is 1. The standard InChI is InChI=1S/C14H18O2/c1-9-4-6-11-13(16-3)7-5-10(2)14(11)12(15)8-9/h5,7,9H,4,6,8H2,1-3H3. The third-order valence-corrected chi connectivity index (χ3v) is 3.40. The molecule has 2 rings (SSSR count). The van der Waals surface area contributed by atoms with Gasteiger partial charge < -0.3 is 4.74 Å². The van der Waals surface area contributed by atoms with Gasteiger partial charge in [-0.2, -0.15) is 0 Å². The number of methoxy groups -OCH3 is 1. The molecule has 1 aromatic rings. The zero-order chi connectivity index (χ0) is 11.7. The van der Waals surface area contributed by atoms with Gasteiger partial charge in [0.1, 0.15) is 5.75 Å². The Balaban J connectivity index is 2.57. The van der Waals surface area contributed by atoms with E-state index in [-0.39, 0.29) is 5.78 Å². The molecular weight excluding hydrogens is 200 g/mol. The molecule has 0 saturated carbocycles. The van der Waals surface area contributed by atoms with Crippen LogP contribution >= 0.6 is 0 Å². The van der Waals surface area contributed by atoms with Crippen molar-refractivity contribution in [2.75, 3.05) is 7.11 Å². The second-order valence-corrected chi connectivity index (χ2v) is 4.71. The number of fused-ring (bicyclic) bond motifs is 1. The van der Waals surface area contributed by atoms with E-state index in [1.54, 1.807) is 7.11 Å². The molecule has 1 atom stereocenters. The molecular formula is C14H18O2. The molecule has 0 amide bonds. The monoisotopic (exact) mass is 218 g/mol. The lowest BCUT2D eigenvalue weighted by Gasteiger charge is -2.12. The predicted molar refractivity (Wildman–Crippen MR) is 64.2 cm³/mol. The van der Waals surface area contributed by atoms with Crippen LogP contribution in [0.15, 0.2) is 12.1 Å². The summed E-state index contributed by atoms with van der Waals surface area (Å²) in [5.41, 5.74) is 3.09. The Morgan fingerprint density at radius 3 is 2.81 bits per heavy atom. The Morgan fingerprint density at radius 2 is 2.12 bits per heavy atom. The number of aryl methyl sites for hydroxylation is 1. The molecule has 16 heavy (non-hydrogen) atoms. The summed E-state index contributed by atoms with van der Waals surface area (Å²) in [6.07, 6.45) is 2.69. The summed E-state index contributed by atoms with van der Waals surface area (Å²) in [7, 11) is 1.67. The Labute approximate surface area is 96.6 Å². The second-order valence-electron chi connectivity index (χ2n) is 4.71. The quantitative estimate of drug-likeness (QED) is 0.677. The zero-order valence-electron chi connectivity index (χ0n) is 10.2. The smallest absolute Gasteiger partial charge is 0.163 e. The first-order valence-corrected chi connectivity index (χ1v) is 5.83. The van der Waals surface area contributed by atoms with Gasteiger partial charge in [0.25, 0.3) is 0 Å². The number of ether oxygens (including phenoxy) is 1. The molecule has 0 N–H and O–H groups in total. The van der Waals surface area contributed by atoms with Gasteiger partial charge in [-0.05, 0) is 37.3 Å². The minimum Gasteiger partial charge on any atom is -0.496 e. The number of hydrogen-bond acceptors (Lipinski definition) is 2. The van der Waals surface area contributed by atoms with E-state index in [0.29, 0.717) is 12.3 Å². The van der Waals surface area contributed by atoms with Crippen LogP contribution in [0.4, 0.5) is 0 Å². The summed E-state index contributed by atoms with van der Waals surface area (Å²) in [4.78, 5) is 12.1. The number of carbonyl (C=O) groups excluding carboxylic acids is 1. The van der Waals surface area contributed by atoms with Crippen LogP contribution in [-0.2, 0) is 6.42 Å². The molecule has 1 aromatic carbocycles. The van der Waals surface area contributed by atoms with E-state index in [0.717, 1.165) is 35.3 Å². The first-order valence-electron chi connectivity index (χ1n) is 5.83. The van der Waals surface area contributed by atoms with Gasteiger partial charge in [-0.3, -0.25) is 4.79 Å². The Morgan fingerprint density at radius 1 is 1.38 bits per heavy atom. The molecule has 1 aliphatic rings. The molecule has 1 unspecified atom stereocenters. The van der Waals surface area contributed by atoms with E-state index in [4.69, 9.17) is 4.74 Å². The van der Waals surface area contributed by atoms with Crippen LogP contribution in [-0.4, -0.2) is 12.9 Å². The minimum atomic E-state index is 0.274. The molecule has 1 aliphatic carbocycles. The predicted octanol–water partition coefficient (Wildman–Crippen LogP) is 3.16. The lowest BCUT2D eigenvalue weighted by atomic mass is 9.96. The van der Waals surface area contributed by atoms with Gasteiger partial charge >= 0.3 is 0 Å². The van der Waals surface area contributed by atoms with Gasteiger partial charge in [0.15, 0.2) is 5.78 Å². The number of ketones is 1. The maximum Gasteiger partial charge on any atom is 0.163 e. The van der Waals surface area contributed by atoms with E-state index >= 15 is 0 Å². The molecule has 0 radical (unpaired) electrons. The molecule has 0 saturated heterocycles. The van der Waals surface area contributed by atoms with E-state index in [2.05, 4.69) is 6.92 Å². The SMILES string of the molecule is COc1ccc(C)c2c1CCC(C)CC2=O. The number of carbonyl (C=O) groups is 1. The van der Waals surface area contributed by atoms with Gasteiger partial charge in [0.2, 0.25) is 0 Å². The third-order valence-electron chi connectivity index (χ3n) is 3.40. The van der Waals surface area contributed by atoms with Crippen molar-refractivity contribution >= 4 is 5.78 Å². The van der Waals surface area contributed by atoms with E-state index in [9.17, 15) is 4.79 Å². The molecule has 0 aliphatic heterocycles. The van der Waals surface area contributed by atoms with E-state index < -0.39 is 0 Å². The number of Topliss-reactive ketones (excluding diaryl/α,β-unsaturated/α-hetero) is 1. The van der Waals surface area contributed by atoms with Gasteiger partial charge in [-0.1, -0.05) is 13.0 Å². The maximum absolute atomic E-state index is 12.1. The first-order chi connectivity index (χ1) is 7.63. The topological polar surface area (TPSA) is 26.3 Å². The van der Waals surface area contributed by atoms with Crippen LogP contribution in [0.1, 0.15) is 41.3 Å². The largest absolute Gasteiger partial charge is 0.496 e. The van der Waals surface area contributed by atoms with E-state index in [1.165, 1.54) is 0 Å². The van der Waals surface area contributed by atoms with Crippen LogP contribution in [0, 0.1) is 12.8 Å². The zero-order valence-corrected chi connectivity index (χ0v) is 10.2. The van der Waals surface area contributed by atoms with Crippen molar-refractivity contribution in [3.05, 3.63) is 28.8 Å². The molecule has 0 bridgehead atoms. The van der Waals surface area contributed by atoms with Crippen molar-refractivity contribution in [3.63, 3.8) is 0 Å². The van der Waals surface area contributed by atoms with Crippen molar-refractivity contribution in [2.45, 2.75) is 33.1 Å². The Bertz CT molecular complexity index is 421. The van der Waals surface area contributed by atoms with Crippen molar-refractivity contribution < 1.29 is 9.53 Å². The molecule has 0 spiro atoms.